The SMILES string of the molecule is N=C(N)c1ccc(SCc2ccc(Cl)cc2)c(Br)c1. The molecular weight excluding hydrogens is 344 g/mol. The van der Waals surface area contributed by atoms with E-state index in [1.807, 2.05) is 42.5 Å². The monoisotopic (exact) mass is 354 g/mol. The van der Waals surface area contributed by atoms with E-state index in [4.69, 9.17) is 22.7 Å². The molecule has 2 rings (SSSR count). The molecule has 0 amide bonds. The van der Waals surface area contributed by atoms with Crippen LogP contribution in [0.5, 0.6) is 0 Å². The average molecular weight is 356 g/mol. The van der Waals surface area contributed by atoms with Gasteiger partial charge in [-0.3, -0.25) is 5.41 Å². The van der Waals surface area contributed by atoms with Gasteiger partial charge in [-0.15, -0.1) is 11.8 Å². The Labute approximate surface area is 130 Å². The molecule has 0 fully saturated rings. The van der Waals surface area contributed by atoms with E-state index in [0.717, 1.165) is 25.7 Å². The van der Waals surface area contributed by atoms with Gasteiger partial charge in [0, 0.05) is 25.7 Å². The summed E-state index contributed by atoms with van der Waals surface area (Å²) in [6.07, 6.45) is 0. The molecule has 0 radical (unpaired) electrons. The Morgan fingerprint density at radius 3 is 2.47 bits per heavy atom. The van der Waals surface area contributed by atoms with Gasteiger partial charge in [0.15, 0.2) is 0 Å². The molecule has 0 atom stereocenters. The summed E-state index contributed by atoms with van der Waals surface area (Å²) in [5.74, 6) is 0.949. The van der Waals surface area contributed by atoms with E-state index in [2.05, 4.69) is 15.9 Å². The third-order valence-corrected chi connectivity index (χ3v) is 4.87. The summed E-state index contributed by atoms with van der Waals surface area (Å²) in [5, 5.41) is 8.15. The Hall–Kier alpha value is -0.970. The molecule has 0 aliphatic heterocycles. The van der Waals surface area contributed by atoms with Gasteiger partial charge in [0.05, 0.1) is 0 Å². The second-order valence-electron chi connectivity index (χ2n) is 3.97. The molecule has 0 heterocycles. The molecule has 0 aromatic heterocycles. The standard InChI is InChI=1S/C14H12BrClN2S/c15-12-7-10(14(17)18)3-6-13(12)19-8-9-1-4-11(16)5-2-9/h1-7H,8H2,(H3,17,18). The molecule has 0 bridgehead atoms. The van der Waals surface area contributed by atoms with E-state index in [1.54, 1.807) is 11.8 Å². The fraction of sp³-hybridized carbons (Fsp3) is 0.0714. The van der Waals surface area contributed by atoms with Crippen molar-refractivity contribution in [3.8, 4) is 0 Å². The number of halogens is 2. The van der Waals surface area contributed by atoms with E-state index < -0.39 is 0 Å². The maximum absolute atomic E-state index is 7.40. The number of rotatable bonds is 4. The van der Waals surface area contributed by atoms with Crippen LogP contribution in [0.4, 0.5) is 0 Å². The van der Waals surface area contributed by atoms with Crippen molar-refractivity contribution in [3.05, 3.63) is 63.1 Å². The maximum atomic E-state index is 7.40. The molecule has 2 nitrogen and oxygen atoms in total. The van der Waals surface area contributed by atoms with Crippen molar-refractivity contribution in [1.29, 1.82) is 5.41 Å². The van der Waals surface area contributed by atoms with E-state index in [0.29, 0.717) is 0 Å². The lowest BCUT2D eigenvalue weighted by Crippen LogP contribution is -2.10. The molecule has 0 unspecified atom stereocenters. The van der Waals surface area contributed by atoms with Crippen LogP contribution < -0.4 is 5.73 Å². The molecule has 98 valence electrons. The summed E-state index contributed by atoms with van der Waals surface area (Å²) >= 11 is 11.1. The van der Waals surface area contributed by atoms with Crippen molar-refractivity contribution >= 4 is 45.1 Å². The lowest BCUT2D eigenvalue weighted by molar-refractivity contribution is 1.33. The zero-order valence-corrected chi connectivity index (χ0v) is 13.1. The molecule has 0 aliphatic rings. The number of hydrogen-bond donors (Lipinski definition) is 2. The van der Waals surface area contributed by atoms with Crippen LogP contribution in [0.25, 0.3) is 0 Å². The number of nitrogens with one attached hydrogen (secondary N) is 1. The van der Waals surface area contributed by atoms with Gasteiger partial charge < -0.3 is 5.73 Å². The summed E-state index contributed by atoms with van der Waals surface area (Å²) in [5.41, 5.74) is 7.40. The smallest absolute Gasteiger partial charge is 0.122 e. The Morgan fingerprint density at radius 2 is 1.89 bits per heavy atom. The molecule has 19 heavy (non-hydrogen) atoms. The molecule has 2 aromatic carbocycles. The normalized spacial score (nSPS) is 10.4. The van der Waals surface area contributed by atoms with Crippen molar-refractivity contribution in [1.82, 2.24) is 0 Å². The number of hydrogen-bond acceptors (Lipinski definition) is 2. The van der Waals surface area contributed by atoms with E-state index >= 15 is 0 Å². The summed E-state index contributed by atoms with van der Waals surface area (Å²) in [6.45, 7) is 0. The van der Waals surface area contributed by atoms with Gasteiger partial charge in [-0.05, 0) is 45.8 Å². The van der Waals surface area contributed by atoms with Crippen molar-refractivity contribution in [2.24, 2.45) is 5.73 Å². The minimum absolute atomic E-state index is 0.0787. The highest BCUT2D eigenvalue weighted by Gasteiger charge is 2.04. The first-order valence-corrected chi connectivity index (χ1v) is 7.73. The van der Waals surface area contributed by atoms with Crippen LogP contribution in [0.2, 0.25) is 5.02 Å². The fourth-order valence-corrected chi connectivity index (χ4v) is 3.25. The average Bonchev–Trinajstić information content (AvgIpc) is 2.39. The van der Waals surface area contributed by atoms with Crippen LogP contribution in [0.15, 0.2) is 51.8 Å². The van der Waals surface area contributed by atoms with Crippen LogP contribution in [-0.2, 0) is 5.75 Å². The highest BCUT2D eigenvalue weighted by atomic mass is 79.9. The van der Waals surface area contributed by atoms with Gasteiger partial charge in [0.25, 0.3) is 0 Å². The number of nitrogen functional groups attached to an aromatic ring is 1. The minimum Gasteiger partial charge on any atom is -0.384 e. The zero-order valence-electron chi connectivity index (χ0n) is 9.99. The van der Waals surface area contributed by atoms with Gasteiger partial charge >= 0.3 is 0 Å². The molecule has 0 aliphatic carbocycles. The van der Waals surface area contributed by atoms with Gasteiger partial charge in [0.1, 0.15) is 5.84 Å². The zero-order chi connectivity index (χ0) is 13.8. The molecule has 0 saturated heterocycles. The lowest BCUT2D eigenvalue weighted by atomic mass is 10.2. The second-order valence-corrected chi connectivity index (χ2v) is 6.28. The topological polar surface area (TPSA) is 49.9 Å². The summed E-state index contributed by atoms with van der Waals surface area (Å²) < 4.78 is 0.958. The van der Waals surface area contributed by atoms with Crippen molar-refractivity contribution < 1.29 is 0 Å². The predicted molar refractivity (Wildman–Crippen MR) is 86.2 cm³/mol. The molecular formula is C14H12BrClN2S. The van der Waals surface area contributed by atoms with Crippen LogP contribution in [0.3, 0.4) is 0 Å². The number of amidine groups is 1. The van der Waals surface area contributed by atoms with Crippen LogP contribution in [0, 0.1) is 5.41 Å². The Bertz CT molecular complexity index is 599. The molecule has 0 saturated carbocycles. The lowest BCUT2D eigenvalue weighted by Gasteiger charge is -2.07. The first-order chi connectivity index (χ1) is 9.06. The second kappa shape index (κ2) is 6.46. The molecule has 2 aromatic rings. The summed E-state index contributed by atoms with van der Waals surface area (Å²) in [7, 11) is 0. The van der Waals surface area contributed by atoms with Crippen LogP contribution in [0.1, 0.15) is 11.1 Å². The Kier molecular flexibility index (Phi) is 4.91. The summed E-state index contributed by atoms with van der Waals surface area (Å²) in [4.78, 5) is 1.12. The van der Waals surface area contributed by atoms with Crippen molar-refractivity contribution in [3.63, 3.8) is 0 Å². The Morgan fingerprint density at radius 1 is 1.21 bits per heavy atom. The number of nitrogens with two attached hydrogens (primary N) is 1. The highest BCUT2D eigenvalue weighted by Crippen LogP contribution is 2.31. The highest BCUT2D eigenvalue weighted by molar-refractivity contribution is 9.10. The molecule has 5 heteroatoms. The van der Waals surface area contributed by atoms with E-state index in [-0.39, 0.29) is 5.84 Å². The van der Waals surface area contributed by atoms with Crippen LogP contribution in [-0.4, -0.2) is 5.84 Å². The minimum atomic E-state index is 0.0787. The van der Waals surface area contributed by atoms with Gasteiger partial charge in [0.2, 0.25) is 0 Å². The third-order valence-electron chi connectivity index (χ3n) is 2.55. The van der Waals surface area contributed by atoms with E-state index in [9.17, 15) is 0 Å². The predicted octanol–water partition coefficient (Wildman–Crippen LogP) is 4.68. The van der Waals surface area contributed by atoms with Crippen molar-refractivity contribution in [2.45, 2.75) is 10.6 Å². The summed E-state index contributed by atoms with van der Waals surface area (Å²) in [6, 6.07) is 13.5. The van der Waals surface area contributed by atoms with Gasteiger partial charge in [-0.25, -0.2) is 0 Å². The van der Waals surface area contributed by atoms with Gasteiger partial charge in [-0.1, -0.05) is 29.8 Å². The quantitative estimate of drug-likeness (QED) is 0.475. The number of thioether (sulfide) groups is 1. The third kappa shape index (κ3) is 4.00. The Balaban J connectivity index is 2.07. The van der Waals surface area contributed by atoms with Crippen LogP contribution >= 0.6 is 39.3 Å². The first kappa shape index (κ1) is 14.4. The fourth-order valence-electron chi connectivity index (χ4n) is 1.53. The molecule has 0 spiro atoms. The largest absolute Gasteiger partial charge is 0.384 e. The van der Waals surface area contributed by atoms with E-state index in [1.165, 1.54) is 5.56 Å². The van der Waals surface area contributed by atoms with Gasteiger partial charge in [-0.2, -0.15) is 0 Å². The maximum Gasteiger partial charge on any atom is 0.122 e. The van der Waals surface area contributed by atoms with Crippen molar-refractivity contribution in [2.75, 3.05) is 0 Å². The number of benzene rings is 2. The first-order valence-electron chi connectivity index (χ1n) is 5.57. The molecule has 3 N–H and O–H groups in total.